The third kappa shape index (κ3) is 4.49. The first-order valence-corrected chi connectivity index (χ1v) is 10.6. The van der Waals surface area contributed by atoms with Crippen LogP contribution in [-0.4, -0.2) is 40.9 Å². The first-order valence-electron chi connectivity index (χ1n) is 10.2. The number of likely N-dealkylation sites (tertiary alicyclic amines) is 1. The number of pyridine rings is 1. The number of benzene rings is 2. The normalized spacial score (nSPS) is 16.9. The molecule has 1 atom stereocenters. The second-order valence-corrected chi connectivity index (χ2v) is 8.28. The average molecular weight is 445 g/mol. The lowest BCUT2D eigenvalue weighted by Crippen LogP contribution is -2.47. The van der Waals surface area contributed by atoms with Crippen LogP contribution in [0.2, 0.25) is 5.15 Å². The van der Waals surface area contributed by atoms with Crippen molar-refractivity contribution >= 4 is 28.3 Å². The second-order valence-electron chi connectivity index (χ2n) is 7.93. The third-order valence-electron chi connectivity index (χ3n) is 5.71. The molecule has 0 radical (unpaired) electrons. The summed E-state index contributed by atoms with van der Waals surface area (Å²) >= 11 is 6.36. The molecular formula is C24H23ClF2N2O2. The fourth-order valence-corrected chi connectivity index (χ4v) is 4.12. The van der Waals surface area contributed by atoms with Crippen molar-refractivity contribution in [2.45, 2.75) is 38.7 Å². The molecule has 0 saturated carbocycles. The van der Waals surface area contributed by atoms with Gasteiger partial charge in [-0.25, -0.2) is 13.8 Å². The van der Waals surface area contributed by atoms with E-state index >= 15 is 0 Å². The Bertz CT molecular complexity index is 1130. The number of amides is 1. The lowest BCUT2D eigenvalue weighted by molar-refractivity contribution is -0.143. The van der Waals surface area contributed by atoms with Gasteiger partial charge in [-0.1, -0.05) is 35.9 Å². The molecule has 0 unspecified atom stereocenters. The number of ether oxygens (including phenoxy) is 1. The first-order chi connectivity index (χ1) is 14.7. The van der Waals surface area contributed by atoms with Crippen LogP contribution in [0.5, 0.6) is 5.75 Å². The number of rotatable bonds is 4. The molecule has 0 aliphatic carbocycles. The Hall–Kier alpha value is -2.73. The van der Waals surface area contributed by atoms with Gasteiger partial charge >= 0.3 is 0 Å². The van der Waals surface area contributed by atoms with Gasteiger partial charge in [0.25, 0.3) is 11.8 Å². The standard InChI is InChI=1S/C24H23ClF2N2O2/c1-15-5-3-4-6-18(15)21-14-28-22(25)20-13-17(7-8-19(20)21)31-16(2)23(30)29-11-9-24(26,27)10-12-29/h3-8,13-14,16H,9-12H2,1-2H3/t16-/m1/s1. The van der Waals surface area contributed by atoms with Gasteiger partial charge in [0.05, 0.1) is 0 Å². The second kappa shape index (κ2) is 8.42. The van der Waals surface area contributed by atoms with Gasteiger partial charge in [-0.3, -0.25) is 4.79 Å². The van der Waals surface area contributed by atoms with E-state index in [4.69, 9.17) is 16.3 Å². The van der Waals surface area contributed by atoms with Gasteiger partial charge in [0, 0.05) is 43.1 Å². The van der Waals surface area contributed by atoms with Crippen molar-refractivity contribution in [1.29, 1.82) is 0 Å². The van der Waals surface area contributed by atoms with Crippen LogP contribution in [-0.2, 0) is 4.79 Å². The molecule has 3 aromatic rings. The number of aromatic nitrogens is 1. The number of hydrogen-bond donors (Lipinski definition) is 0. The topological polar surface area (TPSA) is 42.4 Å². The minimum absolute atomic E-state index is 0.0345. The van der Waals surface area contributed by atoms with E-state index in [-0.39, 0.29) is 31.8 Å². The van der Waals surface area contributed by atoms with Gasteiger partial charge in [-0.2, -0.15) is 0 Å². The van der Waals surface area contributed by atoms with Crippen molar-refractivity contribution < 1.29 is 18.3 Å². The smallest absolute Gasteiger partial charge is 0.263 e. The summed E-state index contributed by atoms with van der Waals surface area (Å²) in [6.07, 6.45) is 0.330. The third-order valence-corrected chi connectivity index (χ3v) is 6.01. The molecule has 2 aromatic carbocycles. The minimum atomic E-state index is -2.70. The fourth-order valence-electron chi connectivity index (χ4n) is 3.92. The SMILES string of the molecule is Cc1ccccc1-c1cnc(Cl)c2cc(O[C@H](C)C(=O)N3CCC(F)(F)CC3)ccc12. The van der Waals surface area contributed by atoms with Crippen molar-refractivity contribution in [3.05, 3.63) is 59.4 Å². The maximum Gasteiger partial charge on any atom is 0.263 e. The Kier molecular flexibility index (Phi) is 5.84. The maximum atomic E-state index is 13.4. The molecule has 7 heteroatoms. The van der Waals surface area contributed by atoms with Crippen LogP contribution in [0.4, 0.5) is 8.78 Å². The van der Waals surface area contributed by atoms with E-state index in [1.807, 2.05) is 37.3 Å². The Morgan fingerprint density at radius 2 is 1.84 bits per heavy atom. The Morgan fingerprint density at radius 3 is 2.55 bits per heavy atom. The molecule has 2 heterocycles. The van der Waals surface area contributed by atoms with E-state index in [0.29, 0.717) is 10.9 Å². The van der Waals surface area contributed by atoms with Crippen molar-refractivity contribution in [2.24, 2.45) is 0 Å². The number of piperidine rings is 1. The van der Waals surface area contributed by atoms with Crippen LogP contribution < -0.4 is 4.74 Å². The predicted molar refractivity (Wildman–Crippen MR) is 118 cm³/mol. The summed E-state index contributed by atoms with van der Waals surface area (Å²) in [5.41, 5.74) is 3.15. The van der Waals surface area contributed by atoms with E-state index in [2.05, 4.69) is 4.98 Å². The monoisotopic (exact) mass is 444 g/mol. The maximum absolute atomic E-state index is 13.4. The summed E-state index contributed by atoms with van der Waals surface area (Å²) in [5, 5.41) is 1.99. The fraction of sp³-hybridized carbons (Fsp3) is 0.333. The molecule has 1 aliphatic rings. The zero-order chi connectivity index (χ0) is 22.2. The summed E-state index contributed by atoms with van der Waals surface area (Å²) in [6, 6.07) is 13.5. The highest BCUT2D eigenvalue weighted by Crippen LogP contribution is 2.35. The predicted octanol–water partition coefficient (Wildman–Crippen LogP) is 5.89. The lowest BCUT2D eigenvalue weighted by atomic mass is 9.97. The van der Waals surface area contributed by atoms with Gasteiger partial charge < -0.3 is 9.64 Å². The highest BCUT2D eigenvalue weighted by molar-refractivity contribution is 6.34. The molecule has 1 saturated heterocycles. The van der Waals surface area contributed by atoms with E-state index in [1.165, 1.54) is 4.90 Å². The van der Waals surface area contributed by atoms with Gasteiger partial charge in [0.15, 0.2) is 6.10 Å². The summed E-state index contributed by atoms with van der Waals surface area (Å²) in [7, 11) is 0. The summed E-state index contributed by atoms with van der Waals surface area (Å²) in [4.78, 5) is 18.4. The lowest BCUT2D eigenvalue weighted by Gasteiger charge is -2.33. The van der Waals surface area contributed by atoms with Crippen LogP contribution >= 0.6 is 11.6 Å². The van der Waals surface area contributed by atoms with Gasteiger partial charge in [0.1, 0.15) is 10.9 Å². The molecule has 31 heavy (non-hydrogen) atoms. The molecule has 0 N–H and O–H groups in total. The Labute approximate surface area is 184 Å². The van der Waals surface area contributed by atoms with E-state index in [0.717, 1.165) is 27.5 Å². The summed E-state index contributed by atoms with van der Waals surface area (Å²) < 4.78 is 32.6. The van der Waals surface area contributed by atoms with Crippen LogP contribution in [0.3, 0.4) is 0 Å². The molecule has 4 nitrogen and oxygen atoms in total. The number of hydrogen-bond acceptors (Lipinski definition) is 3. The van der Waals surface area contributed by atoms with E-state index in [1.54, 1.807) is 25.3 Å². The van der Waals surface area contributed by atoms with Crippen LogP contribution in [0.15, 0.2) is 48.7 Å². The van der Waals surface area contributed by atoms with Gasteiger partial charge in [-0.15, -0.1) is 0 Å². The number of carbonyl (C=O) groups is 1. The summed E-state index contributed by atoms with van der Waals surface area (Å²) in [5.74, 6) is -2.52. The molecule has 1 aromatic heterocycles. The number of aryl methyl sites for hydroxylation is 1. The van der Waals surface area contributed by atoms with Gasteiger partial charge in [-0.05, 0) is 48.6 Å². The molecule has 1 aliphatic heterocycles. The zero-order valence-electron chi connectivity index (χ0n) is 17.4. The van der Waals surface area contributed by atoms with Crippen molar-refractivity contribution in [3.8, 4) is 16.9 Å². The van der Waals surface area contributed by atoms with Crippen molar-refractivity contribution in [2.75, 3.05) is 13.1 Å². The van der Waals surface area contributed by atoms with Gasteiger partial charge in [0.2, 0.25) is 0 Å². The molecule has 0 spiro atoms. The van der Waals surface area contributed by atoms with Crippen molar-refractivity contribution in [1.82, 2.24) is 9.88 Å². The van der Waals surface area contributed by atoms with E-state index < -0.39 is 12.0 Å². The number of nitrogens with zero attached hydrogens (tertiary/aromatic N) is 2. The molecule has 162 valence electrons. The number of carbonyl (C=O) groups excluding carboxylic acids is 1. The molecule has 1 fully saturated rings. The molecular weight excluding hydrogens is 422 g/mol. The van der Waals surface area contributed by atoms with Crippen LogP contribution in [0, 0.1) is 6.92 Å². The average Bonchev–Trinajstić information content (AvgIpc) is 2.74. The number of fused-ring (bicyclic) bond motifs is 1. The first kappa shape index (κ1) is 21.5. The molecule has 0 bridgehead atoms. The largest absolute Gasteiger partial charge is 0.481 e. The minimum Gasteiger partial charge on any atom is -0.481 e. The highest BCUT2D eigenvalue weighted by Gasteiger charge is 2.36. The van der Waals surface area contributed by atoms with Crippen molar-refractivity contribution in [3.63, 3.8) is 0 Å². The Balaban J connectivity index is 1.58. The number of alkyl halides is 2. The highest BCUT2D eigenvalue weighted by atomic mass is 35.5. The van der Waals surface area contributed by atoms with Crippen LogP contribution in [0.1, 0.15) is 25.3 Å². The van der Waals surface area contributed by atoms with Crippen LogP contribution in [0.25, 0.3) is 21.9 Å². The molecule has 4 rings (SSSR count). The molecule has 1 amide bonds. The quantitative estimate of drug-likeness (QED) is 0.471. The number of halogens is 3. The van der Waals surface area contributed by atoms with E-state index in [9.17, 15) is 13.6 Å². The summed E-state index contributed by atoms with van der Waals surface area (Å²) in [6.45, 7) is 3.74. The zero-order valence-corrected chi connectivity index (χ0v) is 18.1. The Morgan fingerprint density at radius 1 is 1.13 bits per heavy atom.